The summed E-state index contributed by atoms with van der Waals surface area (Å²) in [7, 11) is 5.46. The Hall–Kier alpha value is -4.01. The van der Waals surface area contributed by atoms with Crippen molar-refractivity contribution in [2.75, 3.05) is 41.0 Å². The van der Waals surface area contributed by atoms with Gasteiger partial charge in [-0.25, -0.2) is 4.79 Å². The predicted molar refractivity (Wildman–Crippen MR) is 224 cm³/mol. The van der Waals surface area contributed by atoms with Gasteiger partial charge in [0.1, 0.15) is 6.61 Å². The van der Waals surface area contributed by atoms with E-state index in [2.05, 4.69) is 111 Å². The Labute approximate surface area is 328 Å². The molecular formula is C46H72NO7+. The molecule has 0 saturated carbocycles. The van der Waals surface area contributed by atoms with Gasteiger partial charge in [0.25, 0.3) is 0 Å². The van der Waals surface area contributed by atoms with Crippen molar-refractivity contribution in [2.24, 2.45) is 0 Å². The van der Waals surface area contributed by atoms with Crippen LogP contribution in [0, 0.1) is 0 Å². The lowest BCUT2D eigenvalue weighted by atomic mass is 10.1. The molecule has 0 fully saturated rings. The van der Waals surface area contributed by atoms with Gasteiger partial charge in [0, 0.05) is 12.8 Å². The number of quaternary nitrogens is 1. The number of nitrogens with zero attached hydrogens (tertiary/aromatic N) is 1. The van der Waals surface area contributed by atoms with Crippen LogP contribution in [0.25, 0.3) is 0 Å². The molecule has 302 valence electrons. The number of hydrogen-bond acceptors (Lipinski definition) is 6. The Morgan fingerprint density at radius 1 is 0.574 bits per heavy atom. The van der Waals surface area contributed by atoms with Crippen LogP contribution in [0.5, 0.6) is 0 Å². The molecule has 0 aromatic carbocycles. The van der Waals surface area contributed by atoms with Crippen LogP contribution in [0.1, 0.15) is 110 Å². The molecular weight excluding hydrogens is 679 g/mol. The fraction of sp³-hybridized carbons (Fsp3) is 0.543. The molecule has 0 aliphatic rings. The van der Waals surface area contributed by atoms with Gasteiger partial charge in [-0.05, 0) is 77.0 Å². The highest BCUT2D eigenvalue weighted by Gasteiger charge is 2.31. The molecule has 0 amide bonds. The van der Waals surface area contributed by atoms with E-state index in [1.165, 1.54) is 0 Å². The maximum Gasteiger partial charge on any atom is 0.362 e. The first kappa shape index (κ1) is 50.0. The van der Waals surface area contributed by atoms with E-state index in [1.807, 2.05) is 27.2 Å². The van der Waals surface area contributed by atoms with Gasteiger partial charge in [-0.3, -0.25) is 9.59 Å². The zero-order chi connectivity index (χ0) is 40.0. The topological polar surface area (TPSA) is 99.1 Å². The van der Waals surface area contributed by atoms with E-state index in [9.17, 15) is 19.5 Å². The first-order chi connectivity index (χ1) is 26.1. The van der Waals surface area contributed by atoms with Gasteiger partial charge in [-0.2, -0.15) is 0 Å². The number of allylic oxidation sites excluding steroid dienone is 17. The number of hydrogen-bond donors (Lipinski definition) is 1. The fourth-order valence-electron chi connectivity index (χ4n) is 4.92. The minimum absolute atomic E-state index is 0.000000665. The number of carbonyl (C=O) groups excluding carboxylic acids is 2. The molecule has 8 nitrogen and oxygen atoms in total. The average Bonchev–Trinajstić information content (AvgIpc) is 3.12. The normalized spacial score (nSPS) is 14.2. The Kier molecular flexibility index (Phi) is 33.3. The lowest BCUT2D eigenvalue weighted by molar-refractivity contribution is -0.887. The molecule has 0 radical (unpaired) electrons. The van der Waals surface area contributed by atoms with Crippen molar-refractivity contribution in [1.29, 1.82) is 0 Å². The van der Waals surface area contributed by atoms with Crippen LogP contribution < -0.4 is 0 Å². The van der Waals surface area contributed by atoms with E-state index in [4.69, 9.17) is 14.2 Å². The molecule has 0 spiro atoms. The second-order valence-electron chi connectivity index (χ2n) is 13.8. The first-order valence-corrected chi connectivity index (χ1v) is 19.9. The molecule has 0 aliphatic heterocycles. The van der Waals surface area contributed by atoms with Gasteiger partial charge in [-0.15, -0.1) is 0 Å². The van der Waals surface area contributed by atoms with E-state index in [0.29, 0.717) is 19.3 Å². The number of aliphatic carboxylic acids is 1. The summed E-state index contributed by atoms with van der Waals surface area (Å²) >= 11 is 0. The number of rotatable bonds is 33. The quantitative estimate of drug-likeness (QED) is 0.0309. The van der Waals surface area contributed by atoms with Crippen molar-refractivity contribution < 1.29 is 38.2 Å². The summed E-state index contributed by atoms with van der Waals surface area (Å²) in [5.41, 5.74) is 0. The molecule has 0 aliphatic carbocycles. The maximum atomic E-state index is 12.6. The van der Waals surface area contributed by atoms with E-state index in [0.717, 1.165) is 64.2 Å². The summed E-state index contributed by atoms with van der Waals surface area (Å²) in [6.07, 6.45) is 48.8. The van der Waals surface area contributed by atoms with Gasteiger partial charge < -0.3 is 23.8 Å². The van der Waals surface area contributed by atoms with E-state index in [1.54, 1.807) is 6.08 Å². The highest BCUT2D eigenvalue weighted by Crippen LogP contribution is 2.10. The second-order valence-corrected chi connectivity index (χ2v) is 13.8. The summed E-state index contributed by atoms with van der Waals surface area (Å²) in [6.45, 7) is 4.31. The smallest absolute Gasteiger partial charge is 0.362 e. The first-order valence-electron chi connectivity index (χ1n) is 19.9. The van der Waals surface area contributed by atoms with Crippen molar-refractivity contribution >= 4 is 17.9 Å². The third-order valence-corrected chi connectivity index (χ3v) is 7.95. The highest BCUT2D eigenvalue weighted by atomic mass is 16.6. The summed E-state index contributed by atoms with van der Waals surface area (Å²) in [5, 5.41) is 9.59. The zero-order valence-corrected chi connectivity index (χ0v) is 34.1. The molecule has 8 heteroatoms. The molecule has 0 aromatic rings. The van der Waals surface area contributed by atoms with Gasteiger partial charge in [0.05, 0.1) is 40.8 Å². The number of ether oxygens (including phenoxy) is 3. The standard InChI is InChI=1S/C46H71NO7/c1-6-8-10-12-14-16-18-20-22-24-26-28-30-32-34-36-44(48)53-41-42(40-52-39-38-43(46(50)51)47(3,4)5)54-45(49)37-35-33-31-29-27-25-23-21-19-17-15-13-11-9-7-2/h8-11,14-17,20-23,26-29,33,35,42-43H,6-7,12-13,18-19,24-25,30-32,34,36-41H2,1-5H3/p+1/b10-8-,11-9-,16-14-,17-15-,22-20-,23-21-,28-26-,29-27-,35-33-. The van der Waals surface area contributed by atoms with E-state index < -0.39 is 24.1 Å². The predicted octanol–water partition coefficient (Wildman–Crippen LogP) is 10.5. The fourth-order valence-corrected chi connectivity index (χ4v) is 4.92. The summed E-state index contributed by atoms with van der Waals surface area (Å²) in [4.78, 5) is 36.8. The maximum absolute atomic E-state index is 12.6. The van der Waals surface area contributed by atoms with E-state index in [-0.39, 0.29) is 43.1 Å². The summed E-state index contributed by atoms with van der Waals surface area (Å²) in [5.74, 6) is -1.70. The van der Waals surface area contributed by atoms with Crippen molar-refractivity contribution in [1.82, 2.24) is 0 Å². The molecule has 2 atom stereocenters. The van der Waals surface area contributed by atoms with Crippen molar-refractivity contribution in [3.63, 3.8) is 0 Å². The number of unbranched alkanes of at least 4 members (excludes halogenated alkanes) is 2. The average molecular weight is 751 g/mol. The summed E-state index contributed by atoms with van der Waals surface area (Å²) in [6, 6.07) is -0.643. The lowest BCUT2D eigenvalue weighted by Gasteiger charge is -2.31. The molecule has 0 aromatic heterocycles. The number of likely N-dealkylation sites (N-methyl/N-ethyl adjacent to an activating group) is 1. The van der Waals surface area contributed by atoms with Gasteiger partial charge in [0.2, 0.25) is 0 Å². The molecule has 0 rings (SSSR count). The Balaban J connectivity index is 4.64. The third-order valence-electron chi connectivity index (χ3n) is 7.95. The third kappa shape index (κ3) is 33.8. The number of carbonyl (C=O) groups is 3. The van der Waals surface area contributed by atoms with Crippen LogP contribution in [-0.4, -0.2) is 80.6 Å². The molecule has 2 unspecified atom stereocenters. The lowest BCUT2D eigenvalue weighted by Crippen LogP contribution is -2.50. The Bertz CT molecular complexity index is 1240. The van der Waals surface area contributed by atoms with Gasteiger partial charge >= 0.3 is 17.9 Å². The number of esters is 2. The number of carboxylic acid groups (broad SMARTS) is 1. The molecule has 0 saturated heterocycles. The van der Waals surface area contributed by atoms with Crippen LogP contribution in [0.15, 0.2) is 109 Å². The van der Waals surface area contributed by atoms with Crippen LogP contribution in [-0.2, 0) is 28.6 Å². The van der Waals surface area contributed by atoms with Crippen LogP contribution in [0.4, 0.5) is 0 Å². The molecule has 54 heavy (non-hydrogen) atoms. The molecule has 1 N–H and O–H groups in total. The van der Waals surface area contributed by atoms with Crippen LogP contribution in [0.3, 0.4) is 0 Å². The molecule has 0 heterocycles. The molecule has 0 bridgehead atoms. The second kappa shape index (κ2) is 36.0. The largest absolute Gasteiger partial charge is 0.477 e. The monoisotopic (exact) mass is 751 g/mol. The van der Waals surface area contributed by atoms with Crippen LogP contribution >= 0.6 is 0 Å². The Morgan fingerprint density at radius 2 is 1.02 bits per heavy atom. The van der Waals surface area contributed by atoms with Gasteiger partial charge in [0.15, 0.2) is 12.1 Å². The zero-order valence-electron chi connectivity index (χ0n) is 34.1. The van der Waals surface area contributed by atoms with E-state index >= 15 is 0 Å². The minimum Gasteiger partial charge on any atom is -0.477 e. The van der Waals surface area contributed by atoms with Crippen LogP contribution in [0.2, 0.25) is 0 Å². The summed E-state index contributed by atoms with van der Waals surface area (Å²) < 4.78 is 17.0. The highest BCUT2D eigenvalue weighted by molar-refractivity contribution is 5.72. The Morgan fingerprint density at radius 3 is 1.46 bits per heavy atom. The number of carboxylic acids is 1. The van der Waals surface area contributed by atoms with Crippen molar-refractivity contribution in [2.45, 2.75) is 122 Å². The van der Waals surface area contributed by atoms with Crippen molar-refractivity contribution in [3.8, 4) is 0 Å². The SMILES string of the molecule is CC/C=C\C/C=C\C/C=C\C/C=C\C/C=C\CC(=O)OC(COCCC(C(=O)O)[N+](C)(C)C)COC(=O)CCCC/C=C\C/C=C\C/C=C\C/C=C\CC. The van der Waals surface area contributed by atoms with Gasteiger partial charge in [-0.1, -0.05) is 123 Å². The minimum atomic E-state index is -0.901. The van der Waals surface area contributed by atoms with Crippen molar-refractivity contribution in [3.05, 3.63) is 109 Å².